The average molecular weight is 224 g/mol. The molecule has 1 aromatic heterocycles. The minimum Gasteiger partial charge on any atom is -0.368 e. The van der Waals surface area contributed by atoms with Crippen LogP contribution < -0.4 is 5.32 Å². The molecule has 1 aromatic rings. The van der Waals surface area contributed by atoms with Gasteiger partial charge in [0, 0.05) is 18.8 Å². The van der Waals surface area contributed by atoms with Crippen LogP contribution in [0.4, 0.5) is 5.82 Å². The molecule has 1 N–H and O–H groups in total. The highest BCUT2D eigenvalue weighted by Gasteiger charge is 2.12. The summed E-state index contributed by atoms with van der Waals surface area (Å²) in [6.07, 6.45) is 2.08. The number of nitrogens with zero attached hydrogens (tertiary/aromatic N) is 3. The van der Waals surface area contributed by atoms with Crippen LogP contribution in [0.15, 0.2) is 0 Å². The Morgan fingerprint density at radius 1 is 1.67 bits per heavy atom. The van der Waals surface area contributed by atoms with E-state index in [9.17, 15) is 0 Å². The van der Waals surface area contributed by atoms with E-state index in [1.54, 1.807) is 16.4 Å². The molecule has 0 fully saturated rings. The Labute approximate surface area is 94.7 Å². The van der Waals surface area contributed by atoms with E-state index in [0.717, 1.165) is 18.1 Å². The van der Waals surface area contributed by atoms with Crippen LogP contribution in [0, 0.1) is 18.3 Å². The molecule has 4 nitrogen and oxygen atoms in total. The number of anilines is 1. The van der Waals surface area contributed by atoms with Crippen molar-refractivity contribution in [3.63, 3.8) is 0 Å². The molecule has 0 saturated carbocycles. The smallest absolute Gasteiger partial charge is 0.142 e. The predicted octanol–water partition coefficient (Wildman–Crippen LogP) is 1.76. The van der Waals surface area contributed by atoms with Crippen LogP contribution >= 0.6 is 11.8 Å². The Kier molecular flexibility index (Phi) is 4.04. The standard InChI is InChI=1S/C10H16N4S/c1-7(15-4)6-12-10-9(5-11)8(2)13-14(10)3/h7,12H,6H2,1-4H3. The lowest BCUT2D eigenvalue weighted by Gasteiger charge is -2.11. The molecule has 0 radical (unpaired) electrons. The molecular formula is C10H16N4S. The number of aromatic nitrogens is 2. The van der Waals surface area contributed by atoms with E-state index in [1.807, 2.05) is 14.0 Å². The van der Waals surface area contributed by atoms with Crippen LogP contribution in [0.3, 0.4) is 0 Å². The van der Waals surface area contributed by atoms with E-state index < -0.39 is 0 Å². The average Bonchev–Trinajstić information content (AvgIpc) is 2.49. The molecule has 0 amide bonds. The van der Waals surface area contributed by atoms with Crippen molar-refractivity contribution in [2.75, 3.05) is 18.1 Å². The highest BCUT2D eigenvalue weighted by Crippen LogP contribution is 2.18. The minimum atomic E-state index is 0.520. The molecule has 1 atom stereocenters. The number of rotatable bonds is 4. The molecule has 1 unspecified atom stereocenters. The first-order chi connectivity index (χ1) is 7.10. The summed E-state index contributed by atoms with van der Waals surface area (Å²) in [6.45, 7) is 4.84. The molecule has 82 valence electrons. The molecule has 1 rings (SSSR count). The van der Waals surface area contributed by atoms with Crippen molar-refractivity contribution < 1.29 is 0 Å². The third-order valence-corrected chi connectivity index (χ3v) is 3.26. The van der Waals surface area contributed by atoms with Crippen molar-refractivity contribution >= 4 is 17.6 Å². The molecule has 1 heterocycles. The first kappa shape index (κ1) is 11.9. The van der Waals surface area contributed by atoms with E-state index >= 15 is 0 Å². The lowest BCUT2D eigenvalue weighted by atomic mass is 10.2. The normalized spacial score (nSPS) is 12.2. The monoisotopic (exact) mass is 224 g/mol. The van der Waals surface area contributed by atoms with Crippen molar-refractivity contribution in [3.8, 4) is 6.07 Å². The van der Waals surface area contributed by atoms with Crippen molar-refractivity contribution in [1.82, 2.24) is 9.78 Å². The van der Waals surface area contributed by atoms with E-state index in [0.29, 0.717) is 10.8 Å². The molecule has 0 aromatic carbocycles. The third-order valence-electron chi connectivity index (χ3n) is 2.29. The summed E-state index contributed by atoms with van der Waals surface area (Å²) in [7, 11) is 1.85. The minimum absolute atomic E-state index is 0.520. The summed E-state index contributed by atoms with van der Waals surface area (Å²) in [5.74, 6) is 0.816. The lowest BCUT2D eigenvalue weighted by molar-refractivity contribution is 0.757. The number of aryl methyl sites for hydroxylation is 2. The zero-order valence-electron chi connectivity index (χ0n) is 9.53. The van der Waals surface area contributed by atoms with E-state index in [1.165, 1.54) is 0 Å². The first-order valence-corrected chi connectivity index (χ1v) is 6.09. The quantitative estimate of drug-likeness (QED) is 0.846. The Morgan fingerprint density at radius 3 is 2.87 bits per heavy atom. The van der Waals surface area contributed by atoms with Crippen molar-refractivity contribution in [3.05, 3.63) is 11.3 Å². The van der Waals surface area contributed by atoms with Gasteiger partial charge in [-0.2, -0.15) is 22.1 Å². The summed E-state index contributed by atoms with van der Waals surface area (Å²) < 4.78 is 1.72. The molecule has 0 aliphatic carbocycles. The molecule has 15 heavy (non-hydrogen) atoms. The van der Waals surface area contributed by atoms with Gasteiger partial charge in [0.25, 0.3) is 0 Å². The fourth-order valence-corrected chi connectivity index (χ4v) is 1.57. The molecule has 0 saturated heterocycles. The van der Waals surface area contributed by atoms with Crippen LogP contribution in [0.1, 0.15) is 18.2 Å². The van der Waals surface area contributed by atoms with Gasteiger partial charge in [-0.05, 0) is 13.2 Å². The molecule has 0 spiro atoms. The highest BCUT2D eigenvalue weighted by atomic mass is 32.2. The summed E-state index contributed by atoms with van der Waals surface area (Å²) in [5.41, 5.74) is 1.42. The van der Waals surface area contributed by atoms with Crippen LogP contribution in [-0.2, 0) is 7.05 Å². The molecule has 5 heteroatoms. The van der Waals surface area contributed by atoms with Gasteiger partial charge < -0.3 is 5.32 Å². The first-order valence-electron chi connectivity index (χ1n) is 4.80. The molecule has 0 bridgehead atoms. The fourth-order valence-electron chi connectivity index (χ4n) is 1.32. The topological polar surface area (TPSA) is 53.6 Å². The number of hydrogen-bond acceptors (Lipinski definition) is 4. The van der Waals surface area contributed by atoms with Crippen molar-refractivity contribution in [1.29, 1.82) is 5.26 Å². The van der Waals surface area contributed by atoms with Gasteiger partial charge in [-0.25, -0.2) is 0 Å². The van der Waals surface area contributed by atoms with E-state index in [4.69, 9.17) is 5.26 Å². The molecule has 0 aliphatic heterocycles. The number of nitriles is 1. The van der Waals surface area contributed by atoms with Gasteiger partial charge in [0.1, 0.15) is 17.5 Å². The highest BCUT2D eigenvalue weighted by molar-refractivity contribution is 7.99. The lowest BCUT2D eigenvalue weighted by Crippen LogP contribution is -2.15. The van der Waals surface area contributed by atoms with Crippen LogP contribution in [0.25, 0.3) is 0 Å². The Hall–Kier alpha value is -1.15. The predicted molar refractivity (Wildman–Crippen MR) is 64.1 cm³/mol. The number of thioether (sulfide) groups is 1. The summed E-state index contributed by atoms with van der Waals surface area (Å²) in [5, 5.41) is 17.0. The zero-order valence-corrected chi connectivity index (χ0v) is 10.4. The maximum absolute atomic E-state index is 8.99. The second-order valence-corrected chi connectivity index (χ2v) is 4.75. The third kappa shape index (κ3) is 2.66. The number of nitrogens with one attached hydrogen (secondary N) is 1. The van der Waals surface area contributed by atoms with Gasteiger partial charge in [-0.1, -0.05) is 6.92 Å². The summed E-state index contributed by atoms with van der Waals surface area (Å²) >= 11 is 1.80. The maximum Gasteiger partial charge on any atom is 0.142 e. The van der Waals surface area contributed by atoms with Crippen LogP contribution in [-0.4, -0.2) is 27.8 Å². The van der Waals surface area contributed by atoms with Crippen LogP contribution in [0.2, 0.25) is 0 Å². The van der Waals surface area contributed by atoms with Gasteiger partial charge >= 0.3 is 0 Å². The molecule has 0 aliphatic rings. The van der Waals surface area contributed by atoms with Crippen LogP contribution in [0.5, 0.6) is 0 Å². The summed E-state index contributed by atoms with van der Waals surface area (Å²) in [4.78, 5) is 0. The van der Waals surface area contributed by atoms with Crippen molar-refractivity contribution in [2.24, 2.45) is 7.05 Å². The van der Waals surface area contributed by atoms with E-state index in [2.05, 4.69) is 29.7 Å². The largest absolute Gasteiger partial charge is 0.368 e. The SMILES string of the molecule is CSC(C)CNc1c(C#N)c(C)nn1C. The number of hydrogen-bond donors (Lipinski definition) is 1. The zero-order chi connectivity index (χ0) is 11.4. The van der Waals surface area contributed by atoms with E-state index in [-0.39, 0.29) is 0 Å². The Morgan fingerprint density at radius 2 is 2.33 bits per heavy atom. The molecular weight excluding hydrogens is 208 g/mol. The van der Waals surface area contributed by atoms with Gasteiger partial charge in [0.15, 0.2) is 0 Å². The van der Waals surface area contributed by atoms with Gasteiger partial charge in [0.05, 0.1) is 5.69 Å². The van der Waals surface area contributed by atoms with Gasteiger partial charge in [-0.15, -0.1) is 0 Å². The Bertz CT molecular complexity index is 378. The Balaban J connectivity index is 2.81. The second kappa shape index (κ2) is 5.08. The summed E-state index contributed by atoms with van der Waals surface area (Å²) in [6, 6.07) is 2.17. The van der Waals surface area contributed by atoms with Crippen molar-refractivity contribution in [2.45, 2.75) is 19.1 Å². The second-order valence-electron chi connectivity index (χ2n) is 3.47. The van der Waals surface area contributed by atoms with Gasteiger partial charge in [-0.3, -0.25) is 4.68 Å². The maximum atomic E-state index is 8.99. The fraction of sp³-hybridized carbons (Fsp3) is 0.600. The van der Waals surface area contributed by atoms with Gasteiger partial charge in [0.2, 0.25) is 0 Å².